The lowest BCUT2D eigenvalue weighted by atomic mass is 10.0. The average molecular weight is 319 g/mol. The topological polar surface area (TPSA) is 71.6 Å². The van der Waals surface area contributed by atoms with E-state index in [4.69, 9.17) is 9.47 Å². The van der Waals surface area contributed by atoms with Crippen LogP contribution in [0.25, 0.3) is 0 Å². The van der Waals surface area contributed by atoms with Gasteiger partial charge in [0.25, 0.3) is 0 Å². The fourth-order valence-electron chi connectivity index (χ4n) is 3.13. The van der Waals surface area contributed by atoms with E-state index in [1.165, 1.54) is 12.8 Å². The first-order valence-corrected chi connectivity index (χ1v) is 8.15. The molecule has 1 aliphatic heterocycles. The van der Waals surface area contributed by atoms with E-state index in [2.05, 4.69) is 16.2 Å². The average Bonchev–Trinajstić information content (AvgIpc) is 3.30. The molecule has 0 spiro atoms. The number of hydrogen-bond acceptors (Lipinski definition) is 5. The van der Waals surface area contributed by atoms with Gasteiger partial charge in [0.2, 0.25) is 5.91 Å². The van der Waals surface area contributed by atoms with Gasteiger partial charge < -0.3 is 14.8 Å². The zero-order valence-electron chi connectivity index (χ0n) is 13.9. The van der Waals surface area contributed by atoms with Gasteiger partial charge in [0.05, 0.1) is 20.3 Å². The summed E-state index contributed by atoms with van der Waals surface area (Å²) < 4.78 is 10.7. The molecule has 1 heterocycles. The second-order valence-corrected chi connectivity index (χ2v) is 6.36. The lowest BCUT2D eigenvalue weighted by Crippen LogP contribution is -2.44. The van der Waals surface area contributed by atoms with Crippen molar-refractivity contribution in [3.63, 3.8) is 0 Å². The molecule has 1 aromatic rings. The van der Waals surface area contributed by atoms with Crippen molar-refractivity contribution in [2.45, 2.75) is 44.3 Å². The highest BCUT2D eigenvalue weighted by atomic mass is 16.5. The Hall–Kier alpha value is -1.79. The van der Waals surface area contributed by atoms with E-state index in [-0.39, 0.29) is 18.0 Å². The minimum absolute atomic E-state index is 0.0121. The van der Waals surface area contributed by atoms with E-state index >= 15 is 0 Å². The molecule has 23 heavy (non-hydrogen) atoms. The maximum absolute atomic E-state index is 12.5. The third-order valence-electron chi connectivity index (χ3n) is 4.70. The summed E-state index contributed by atoms with van der Waals surface area (Å²) in [6.45, 7) is 1.95. The molecule has 3 unspecified atom stereocenters. The maximum atomic E-state index is 12.5. The van der Waals surface area contributed by atoms with E-state index in [0.717, 1.165) is 29.4 Å². The molecule has 1 amide bonds. The molecule has 3 atom stereocenters. The number of carbonyl (C=O) groups excluding carboxylic acids is 1. The third-order valence-corrected chi connectivity index (χ3v) is 4.70. The first-order chi connectivity index (χ1) is 11.1. The van der Waals surface area contributed by atoms with E-state index in [9.17, 15) is 4.79 Å². The van der Waals surface area contributed by atoms with Gasteiger partial charge in [0, 0.05) is 11.6 Å². The predicted molar refractivity (Wildman–Crippen MR) is 87.3 cm³/mol. The number of hydrazine groups is 1. The standard InChI is InChI=1S/C17H25N3O3/c1-10(13-8-12(22-2)6-7-16(13)23-3)18-17(21)15-9-14(19-20-15)11-4-5-11/h6-8,10-11,14-15,19-20H,4-5,9H2,1-3H3,(H,18,21). The number of nitrogens with one attached hydrogen (secondary N) is 3. The van der Waals surface area contributed by atoms with Gasteiger partial charge >= 0.3 is 0 Å². The van der Waals surface area contributed by atoms with Crippen LogP contribution in [-0.4, -0.2) is 32.2 Å². The minimum Gasteiger partial charge on any atom is -0.497 e. The summed E-state index contributed by atoms with van der Waals surface area (Å²) in [4.78, 5) is 12.5. The molecule has 3 rings (SSSR count). The molecule has 6 heteroatoms. The van der Waals surface area contributed by atoms with Crippen molar-refractivity contribution in [2.75, 3.05) is 14.2 Å². The Bertz CT molecular complexity index is 574. The molecule has 1 saturated heterocycles. The van der Waals surface area contributed by atoms with Gasteiger partial charge in [-0.25, -0.2) is 5.43 Å². The summed E-state index contributed by atoms with van der Waals surface area (Å²) in [7, 11) is 3.25. The zero-order chi connectivity index (χ0) is 16.4. The Balaban J connectivity index is 1.64. The molecule has 6 nitrogen and oxygen atoms in total. The maximum Gasteiger partial charge on any atom is 0.239 e. The summed E-state index contributed by atoms with van der Waals surface area (Å²) in [5, 5.41) is 3.07. The van der Waals surface area contributed by atoms with Crippen LogP contribution in [0.1, 0.15) is 37.8 Å². The summed E-state index contributed by atoms with van der Waals surface area (Å²) in [5.74, 6) is 2.23. The lowest BCUT2D eigenvalue weighted by Gasteiger charge is -2.20. The SMILES string of the molecule is COc1ccc(OC)c(C(C)NC(=O)C2CC(C3CC3)NN2)c1. The van der Waals surface area contributed by atoms with Gasteiger partial charge in [-0.05, 0) is 50.3 Å². The second-order valence-electron chi connectivity index (χ2n) is 6.36. The number of carbonyl (C=O) groups is 1. The number of hydrogen-bond donors (Lipinski definition) is 3. The second kappa shape index (κ2) is 6.76. The normalized spacial score (nSPS) is 25.0. The smallest absolute Gasteiger partial charge is 0.239 e. The van der Waals surface area contributed by atoms with Gasteiger partial charge in [0.15, 0.2) is 0 Å². The zero-order valence-corrected chi connectivity index (χ0v) is 13.9. The van der Waals surface area contributed by atoms with E-state index in [1.54, 1.807) is 14.2 Å². The number of methoxy groups -OCH3 is 2. The Morgan fingerprint density at radius 3 is 2.70 bits per heavy atom. The number of amides is 1. The van der Waals surface area contributed by atoms with Crippen molar-refractivity contribution in [1.82, 2.24) is 16.2 Å². The van der Waals surface area contributed by atoms with Crippen LogP contribution in [0.15, 0.2) is 18.2 Å². The van der Waals surface area contributed by atoms with E-state index in [1.807, 2.05) is 25.1 Å². The van der Waals surface area contributed by atoms with Crippen LogP contribution in [0, 0.1) is 5.92 Å². The van der Waals surface area contributed by atoms with Crippen molar-refractivity contribution >= 4 is 5.91 Å². The van der Waals surface area contributed by atoms with Crippen LogP contribution in [0.4, 0.5) is 0 Å². The summed E-state index contributed by atoms with van der Waals surface area (Å²) in [6, 6.07) is 5.69. The van der Waals surface area contributed by atoms with Crippen LogP contribution in [-0.2, 0) is 4.79 Å². The van der Waals surface area contributed by atoms with Crippen molar-refractivity contribution in [3.8, 4) is 11.5 Å². The number of benzene rings is 1. The molecule has 0 bridgehead atoms. The van der Waals surface area contributed by atoms with Gasteiger partial charge in [-0.15, -0.1) is 0 Å². The Kier molecular flexibility index (Phi) is 4.73. The number of rotatable bonds is 6. The molecule has 126 valence electrons. The Morgan fingerprint density at radius 2 is 2.04 bits per heavy atom. The molecule has 1 aromatic carbocycles. The van der Waals surface area contributed by atoms with Crippen LogP contribution in [0.2, 0.25) is 0 Å². The van der Waals surface area contributed by atoms with Crippen LogP contribution in [0.5, 0.6) is 11.5 Å². The first kappa shape index (κ1) is 16.1. The Morgan fingerprint density at radius 1 is 1.26 bits per heavy atom. The van der Waals surface area contributed by atoms with Crippen molar-refractivity contribution in [1.29, 1.82) is 0 Å². The molecule has 1 aliphatic carbocycles. The molecule has 1 saturated carbocycles. The quantitative estimate of drug-likeness (QED) is 0.742. The van der Waals surface area contributed by atoms with Crippen LogP contribution in [0.3, 0.4) is 0 Å². The monoisotopic (exact) mass is 319 g/mol. The molecule has 0 aromatic heterocycles. The van der Waals surface area contributed by atoms with Gasteiger partial charge in [-0.1, -0.05) is 0 Å². The first-order valence-electron chi connectivity index (χ1n) is 8.15. The van der Waals surface area contributed by atoms with Gasteiger partial charge in [-0.2, -0.15) is 0 Å². The fourth-order valence-corrected chi connectivity index (χ4v) is 3.13. The highest BCUT2D eigenvalue weighted by molar-refractivity contribution is 5.82. The highest BCUT2D eigenvalue weighted by Gasteiger charge is 2.39. The van der Waals surface area contributed by atoms with E-state index in [0.29, 0.717) is 6.04 Å². The Labute approximate surface area is 136 Å². The molecule has 2 fully saturated rings. The van der Waals surface area contributed by atoms with Crippen molar-refractivity contribution < 1.29 is 14.3 Å². The molecule has 0 radical (unpaired) electrons. The van der Waals surface area contributed by atoms with Gasteiger partial charge in [0.1, 0.15) is 17.5 Å². The molecule has 3 N–H and O–H groups in total. The fraction of sp³-hybridized carbons (Fsp3) is 0.588. The van der Waals surface area contributed by atoms with E-state index < -0.39 is 0 Å². The molecular weight excluding hydrogens is 294 g/mol. The lowest BCUT2D eigenvalue weighted by molar-refractivity contribution is -0.123. The van der Waals surface area contributed by atoms with Gasteiger partial charge in [-0.3, -0.25) is 10.2 Å². The largest absolute Gasteiger partial charge is 0.497 e. The summed E-state index contributed by atoms with van der Waals surface area (Å²) >= 11 is 0. The third kappa shape index (κ3) is 3.59. The molecule has 2 aliphatic rings. The van der Waals surface area contributed by atoms with Crippen LogP contribution < -0.4 is 25.6 Å². The van der Waals surface area contributed by atoms with Crippen molar-refractivity contribution in [3.05, 3.63) is 23.8 Å². The summed E-state index contributed by atoms with van der Waals surface area (Å²) in [5.41, 5.74) is 7.27. The highest BCUT2D eigenvalue weighted by Crippen LogP contribution is 2.36. The predicted octanol–water partition coefficient (Wildman–Crippen LogP) is 1.53. The summed E-state index contributed by atoms with van der Waals surface area (Å²) in [6.07, 6.45) is 3.38. The molecular formula is C17H25N3O3. The minimum atomic E-state index is -0.181. The van der Waals surface area contributed by atoms with Crippen LogP contribution >= 0.6 is 0 Å². The number of ether oxygens (including phenoxy) is 2. The van der Waals surface area contributed by atoms with Crippen molar-refractivity contribution in [2.24, 2.45) is 5.92 Å².